The van der Waals surface area contributed by atoms with Gasteiger partial charge in [-0.05, 0) is 190 Å². The van der Waals surface area contributed by atoms with Crippen LogP contribution in [0, 0.1) is 13.8 Å². The molecule has 0 aliphatic heterocycles. The van der Waals surface area contributed by atoms with Crippen LogP contribution in [-0.4, -0.2) is 0 Å². The van der Waals surface area contributed by atoms with Gasteiger partial charge >= 0.3 is 0 Å². The summed E-state index contributed by atoms with van der Waals surface area (Å²) in [5.74, 6) is 0. The lowest BCUT2D eigenvalue weighted by molar-refractivity contribution is 0.398. The van der Waals surface area contributed by atoms with Gasteiger partial charge in [0.05, 0.1) is 0 Å². The standard InChI is InChI=1S/C69H88N2/c1-13-15-17-19-21-29-39-69(40-30-22-20-18-16-14-2)59-43-53(70(51-31-25-23-26-32-51)55-41-49(3)63-61(45-55)65(5,6)47-67(63,9)10)35-37-57(59)58-38-36-54(44-60(58)69)71(52-33-27-24-28-34-52)56-42-50(4)64-62(46-56)66(7,8)48-68(64,11)12/h23-28,31-38,41-46H,13-22,29-30,39-40,47-48H2,1-12H3. The lowest BCUT2D eigenvalue weighted by Crippen LogP contribution is -2.26. The van der Waals surface area contributed by atoms with Crippen LogP contribution >= 0.6 is 0 Å². The normalized spacial score (nSPS) is 17.1. The van der Waals surface area contributed by atoms with Crippen LogP contribution in [0.4, 0.5) is 34.1 Å². The van der Waals surface area contributed by atoms with Crippen molar-refractivity contribution in [3.63, 3.8) is 0 Å². The second-order valence-electron chi connectivity index (χ2n) is 25.2. The molecule has 0 aromatic heterocycles. The molecule has 0 atom stereocenters. The van der Waals surface area contributed by atoms with E-state index in [4.69, 9.17) is 0 Å². The van der Waals surface area contributed by atoms with Crippen LogP contribution in [-0.2, 0) is 27.1 Å². The fourth-order valence-corrected chi connectivity index (χ4v) is 15.1. The molecule has 0 unspecified atom stereocenters. The van der Waals surface area contributed by atoms with Gasteiger partial charge in [0, 0.05) is 39.5 Å². The summed E-state index contributed by atoms with van der Waals surface area (Å²) in [4.78, 5) is 5.17. The number of benzene rings is 6. The Morgan fingerprint density at radius 2 is 0.704 bits per heavy atom. The van der Waals surface area contributed by atoms with Gasteiger partial charge in [0.25, 0.3) is 0 Å². The zero-order valence-electron chi connectivity index (χ0n) is 46.3. The number of anilines is 6. The summed E-state index contributed by atoms with van der Waals surface area (Å²) in [5.41, 5.74) is 22.7. The van der Waals surface area contributed by atoms with E-state index >= 15 is 0 Å². The van der Waals surface area contributed by atoms with E-state index in [2.05, 4.69) is 214 Å². The van der Waals surface area contributed by atoms with Crippen LogP contribution in [0.25, 0.3) is 11.1 Å². The molecule has 6 aromatic rings. The van der Waals surface area contributed by atoms with Crippen LogP contribution in [0.5, 0.6) is 0 Å². The molecule has 3 aliphatic rings. The molecule has 0 amide bonds. The third kappa shape index (κ3) is 9.68. The van der Waals surface area contributed by atoms with Crippen molar-refractivity contribution in [3.05, 3.63) is 166 Å². The maximum Gasteiger partial charge on any atom is 0.0467 e. The smallest absolute Gasteiger partial charge is 0.0467 e. The maximum absolute atomic E-state index is 2.66. The van der Waals surface area contributed by atoms with Crippen molar-refractivity contribution >= 4 is 34.1 Å². The van der Waals surface area contributed by atoms with Crippen molar-refractivity contribution in [2.75, 3.05) is 9.80 Å². The Morgan fingerprint density at radius 3 is 1.08 bits per heavy atom. The molecule has 0 radical (unpaired) electrons. The van der Waals surface area contributed by atoms with E-state index in [1.54, 1.807) is 11.1 Å². The number of rotatable bonds is 20. The van der Waals surface area contributed by atoms with E-state index in [1.165, 1.54) is 169 Å². The molecule has 3 aliphatic carbocycles. The molecule has 2 heteroatoms. The minimum Gasteiger partial charge on any atom is -0.310 e. The number of nitrogens with zero attached hydrogens (tertiary/aromatic N) is 2. The van der Waals surface area contributed by atoms with E-state index in [-0.39, 0.29) is 27.1 Å². The van der Waals surface area contributed by atoms with Gasteiger partial charge in [0.15, 0.2) is 0 Å². The van der Waals surface area contributed by atoms with Gasteiger partial charge in [0.2, 0.25) is 0 Å². The topological polar surface area (TPSA) is 6.48 Å². The van der Waals surface area contributed by atoms with Crippen molar-refractivity contribution in [2.45, 2.75) is 213 Å². The molecule has 374 valence electrons. The molecule has 71 heavy (non-hydrogen) atoms. The van der Waals surface area contributed by atoms with Gasteiger partial charge in [-0.25, -0.2) is 0 Å². The maximum atomic E-state index is 2.66. The molecule has 0 fully saturated rings. The van der Waals surface area contributed by atoms with Gasteiger partial charge in [0.1, 0.15) is 0 Å². The fraction of sp³-hybridized carbons (Fsp3) is 0.478. The third-order valence-electron chi connectivity index (χ3n) is 17.5. The highest BCUT2D eigenvalue weighted by molar-refractivity contribution is 5.89. The lowest BCUT2D eigenvalue weighted by atomic mass is 9.70. The quantitative estimate of drug-likeness (QED) is 0.0704. The van der Waals surface area contributed by atoms with Crippen LogP contribution < -0.4 is 9.80 Å². The van der Waals surface area contributed by atoms with Gasteiger partial charge in [-0.1, -0.05) is 195 Å². The fourth-order valence-electron chi connectivity index (χ4n) is 15.1. The zero-order chi connectivity index (χ0) is 50.3. The first kappa shape index (κ1) is 50.8. The zero-order valence-corrected chi connectivity index (χ0v) is 46.3. The van der Waals surface area contributed by atoms with Crippen LogP contribution in [0.3, 0.4) is 0 Å². The molecule has 0 bridgehead atoms. The van der Waals surface area contributed by atoms with E-state index < -0.39 is 0 Å². The summed E-state index contributed by atoms with van der Waals surface area (Å²) >= 11 is 0. The number of hydrogen-bond acceptors (Lipinski definition) is 2. The number of aryl methyl sites for hydroxylation is 2. The molecule has 0 heterocycles. The van der Waals surface area contributed by atoms with Crippen molar-refractivity contribution in [2.24, 2.45) is 0 Å². The highest BCUT2D eigenvalue weighted by atomic mass is 15.1. The van der Waals surface area contributed by atoms with Crippen molar-refractivity contribution in [1.29, 1.82) is 0 Å². The summed E-state index contributed by atoms with van der Waals surface area (Å²) in [6.45, 7) is 29.0. The summed E-state index contributed by atoms with van der Waals surface area (Å²) < 4.78 is 0. The highest BCUT2D eigenvalue weighted by Gasteiger charge is 2.46. The predicted molar refractivity (Wildman–Crippen MR) is 309 cm³/mol. The summed E-state index contributed by atoms with van der Waals surface area (Å²) in [5, 5.41) is 0. The van der Waals surface area contributed by atoms with Crippen molar-refractivity contribution in [3.8, 4) is 11.1 Å². The molecule has 9 rings (SSSR count). The average Bonchev–Trinajstić information content (AvgIpc) is 3.79. The minimum atomic E-state index is -0.114. The Balaban J connectivity index is 1.23. The van der Waals surface area contributed by atoms with Crippen LogP contribution in [0.15, 0.2) is 121 Å². The van der Waals surface area contributed by atoms with E-state index in [9.17, 15) is 0 Å². The number of unbranched alkanes of at least 4 members (excludes halogenated alkanes) is 10. The van der Waals surface area contributed by atoms with Crippen LogP contribution in [0.1, 0.15) is 216 Å². The summed E-state index contributed by atoms with van der Waals surface area (Å²) in [7, 11) is 0. The average molecular weight is 945 g/mol. The Kier molecular flexibility index (Phi) is 14.4. The first-order valence-electron chi connectivity index (χ1n) is 28.2. The van der Waals surface area contributed by atoms with Gasteiger partial charge in [-0.15, -0.1) is 0 Å². The Morgan fingerprint density at radius 1 is 0.352 bits per heavy atom. The van der Waals surface area contributed by atoms with Crippen molar-refractivity contribution in [1.82, 2.24) is 0 Å². The molecular weight excluding hydrogens is 857 g/mol. The lowest BCUT2D eigenvalue weighted by Gasteiger charge is -2.35. The van der Waals surface area contributed by atoms with Crippen molar-refractivity contribution < 1.29 is 0 Å². The molecular formula is C69H88N2. The first-order chi connectivity index (χ1) is 33.9. The van der Waals surface area contributed by atoms with Crippen LogP contribution in [0.2, 0.25) is 0 Å². The predicted octanol–water partition coefficient (Wildman–Crippen LogP) is 20.9. The monoisotopic (exact) mass is 945 g/mol. The van der Waals surface area contributed by atoms with Gasteiger partial charge < -0.3 is 9.80 Å². The van der Waals surface area contributed by atoms with E-state index in [0.717, 1.165) is 12.8 Å². The molecule has 0 saturated heterocycles. The van der Waals surface area contributed by atoms with E-state index in [0.29, 0.717) is 0 Å². The molecule has 2 nitrogen and oxygen atoms in total. The Hall–Kier alpha value is -5.08. The second kappa shape index (κ2) is 20.1. The van der Waals surface area contributed by atoms with Gasteiger partial charge in [-0.3, -0.25) is 0 Å². The molecule has 0 saturated carbocycles. The Labute approximate surface area is 431 Å². The summed E-state index contributed by atoms with van der Waals surface area (Å²) in [6.07, 6.45) is 20.2. The second-order valence-corrected chi connectivity index (χ2v) is 25.2. The number of hydrogen-bond donors (Lipinski definition) is 0. The number of para-hydroxylation sites is 2. The Bertz CT molecular complexity index is 2630. The number of fused-ring (bicyclic) bond motifs is 5. The van der Waals surface area contributed by atoms with Gasteiger partial charge in [-0.2, -0.15) is 0 Å². The molecule has 0 spiro atoms. The largest absolute Gasteiger partial charge is 0.310 e. The minimum absolute atomic E-state index is 0.0988. The molecule has 6 aromatic carbocycles. The SMILES string of the molecule is CCCCCCCCC1(CCCCCCCC)c2cc(N(c3ccccc3)c3cc(C)c4c(c3)C(C)(C)CC4(C)C)ccc2-c2ccc(N(c3ccccc3)c3cc(C)c4c(c3)C(C)(C)CC4(C)C)cc21. The third-order valence-corrected chi connectivity index (χ3v) is 17.5. The molecule has 0 N–H and O–H groups in total. The highest BCUT2D eigenvalue weighted by Crippen LogP contribution is 2.59. The first-order valence-corrected chi connectivity index (χ1v) is 28.2. The van der Waals surface area contributed by atoms with E-state index in [1.807, 2.05) is 0 Å². The summed E-state index contributed by atoms with van der Waals surface area (Å²) in [6, 6.07) is 47.8.